The fraction of sp³-hybridized carbons (Fsp3) is 0.333. The van der Waals surface area contributed by atoms with E-state index < -0.39 is 10.9 Å². The van der Waals surface area contributed by atoms with Crippen LogP contribution in [0.3, 0.4) is 0 Å². The second-order valence-corrected chi connectivity index (χ2v) is 6.27. The van der Waals surface area contributed by atoms with Gasteiger partial charge in [-0.25, -0.2) is 9.48 Å². The molecule has 11 nitrogen and oxygen atoms in total. The number of hydrogen-bond donors (Lipinski definition) is 0. The first-order chi connectivity index (χ1) is 13.9. The molecule has 0 bridgehead atoms. The van der Waals surface area contributed by atoms with Crippen molar-refractivity contribution in [3.8, 4) is 11.4 Å². The van der Waals surface area contributed by atoms with Crippen LogP contribution >= 0.6 is 0 Å². The predicted octanol–water partition coefficient (Wildman–Crippen LogP) is 3.04. The number of aromatic nitrogens is 4. The van der Waals surface area contributed by atoms with Crippen LogP contribution in [0, 0.1) is 10.1 Å². The molecular weight excluding hydrogens is 382 g/mol. The minimum Gasteiger partial charge on any atom is -0.479 e. The molecule has 0 saturated carbocycles. The summed E-state index contributed by atoms with van der Waals surface area (Å²) in [7, 11) is 0. The Hall–Kier alpha value is -3.76. The summed E-state index contributed by atoms with van der Waals surface area (Å²) in [5.41, 5.74) is 0.421. The maximum atomic E-state index is 12.2. The van der Waals surface area contributed by atoms with Gasteiger partial charge < -0.3 is 14.0 Å². The van der Waals surface area contributed by atoms with Crippen molar-refractivity contribution in [3.63, 3.8) is 0 Å². The number of esters is 1. The predicted molar refractivity (Wildman–Crippen MR) is 98.9 cm³/mol. The Morgan fingerprint density at radius 2 is 2.03 bits per heavy atom. The van der Waals surface area contributed by atoms with E-state index in [9.17, 15) is 14.9 Å². The normalized spacial score (nSPS) is 10.9. The molecule has 3 rings (SSSR count). The molecule has 0 saturated heterocycles. The first-order valence-corrected chi connectivity index (χ1v) is 8.86. The summed E-state index contributed by atoms with van der Waals surface area (Å²) >= 11 is 0. The van der Waals surface area contributed by atoms with Gasteiger partial charge in [-0.3, -0.25) is 10.1 Å². The van der Waals surface area contributed by atoms with Crippen molar-refractivity contribution in [2.75, 3.05) is 6.61 Å². The van der Waals surface area contributed by atoms with E-state index in [1.807, 2.05) is 13.8 Å². The van der Waals surface area contributed by atoms with E-state index in [1.165, 1.54) is 35.1 Å². The maximum Gasteiger partial charge on any atom is 0.362 e. The van der Waals surface area contributed by atoms with Crippen molar-refractivity contribution >= 4 is 11.7 Å². The van der Waals surface area contributed by atoms with E-state index >= 15 is 0 Å². The summed E-state index contributed by atoms with van der Waals surface area (Å²) in [6.45, 7) is 5.66. The number of nitrogens with zero attached hydrogens (tertiary/aromatic N) is 5. The Morgan fingerprint density at radius 3 is 2.62 bits per heavy atom. The van der Waals surface area contributed by atoms with Crippen LogP contribution in [0.5, 0.6) is 5.75 Å². The lowest BCUT2D eigenvalue weighted by Gasteiger charge is -2.02. The lowest BCUT2D eigenvalue weighted by Crippen LogP contribution is -2.08. The molecule has 2 heterocycles. The number of carbonyl (C=O) groups excluding carboxylic acids is 1. The van der Waals surface area contributed by atoms with E-state index in [0.29, 0.717) is 11.5 Å². The van der Waals surface area contributed by atoms with Crippen LogP contribution in [0.25, 0.3) is 5.69 Å². The average molecular weight is 401 g/mol. The zero-order valence-corrected chi connectivity index (χ0v) is 16.1. The van der Waals surface area contributed by atoms with Crippen LogP contribution in [0.15, 0.2) is 35.0 Å². The molecule has 0 aliphatic rings. The van der Waals surface area contributed by atoms with E-state index in [2.05, 4.69) is 15.2 Å². The largest absolute Gasteiger partial charge is 0.479 e. The van der Waals surface area contributed by atoms with Gasteiger partial charge in [-0.15, -0.1) is 0 Å². The van der Waals surface area contributed by atoms with Crippen molar-refractivity contribution < 1.29 is 23.7 Å². The number of benzene rings is 1. The number of carbonyl (C=O) groups is 1. The van der Waals surface area contributed by atoms with Gasteiger partial charge >= 0.3 is 5.97 Å². The molecule has 1 aromatic carbocycles. The quantitative estimate of drug-likeness (QED) is 0.317. The highest BCUT2D eigenvalue weighted by atomic mass is 16.6. The number of non-ortho nitro benzene ring substituents is 1. The first-order valence-electron chi connectivity index (χ1n) is 8.86. The van der Waals surface area contributed by atoms with Crippen LogP contribution in [0.1, 0.15) is 48.9 Å². The smallest absolute Gasteiger partial charge is 0.362 e. The number of nitro benzene ring substituents is 1. The summed E-state index contributed by atoms with van der Waals surface area (Å²) in [6, 6.07) is 5.70. The molecule has 29 heavy (non-hydrogen) atoms. The van der Waals surface area contributed by atoms with Crippen LogP contribution in [-0.2, 0) is 11.3 Å². The minimum atomic E-state index is -0.656. The monoisotopic (exact) mass is 401 g/mol. The van der Waals surface area contributed by atoms with Crippen LogP contribution in [0.2, 0.25) is 0 Å². The molecule has 0 aliphatic carbocycles. The van der Waals surface area contributed by atoms with Gasteiger partial charge in [-0.2, -0.15) is 10.1 Å². The number of ether oxygens (including phenoxy) is 2. The van der Waals surface area contributed by atoms with Crippen molar-refractivity contribution in [3.05, 3.63) is 58.0 Å². The third-order valence-corrected chi connectivity index (χ3v) is 3.83. The highest BCUT2D eigenvalue weighted by molar-refractivity contribution is 5.90. The molecule has 2 aromatic heterocycles. The number of nitro groups is 1. The topological polar surface area (TPSA) is 135 Å². The molecule has 3 aromatic rings. The van der Waals surface area contributed by atoms with Crippen LogP contribution in [-0.4, -0.2) is 37.4 Å². The van der Waals surface area contributed by atoms with E-state index in [-0.39, 0.29) is 42.2 Å². The van der Waals surface area contributed by atoms with Crippen molar-refractivity contribution in [2.45, 2.75) is 33.3 Å². The Balaban J connectivity index is 1.85. The SMILES string of the molecule is CCOC(=O)c1nn(-c2ccc([N+](=O)[O-])cc2)cc1OCc1nc(C(C)C)no1. The molecule has 0 amide bonds. The molecule has 0 aliphatic heterocycles. The highest BCUT2D eigenvalue weighted by Gasteiger charge is 2.21. The summed E-state index contributed by atoms with van der Waals surface area (Å²) < 4.78 is 17.2. The Labute approximate surface area is 165 Å². The van der Waals surface area contributed by atoms with Crippen molar-refractivity contribution in [1.82, 2.24) is 19.9 Å². The zero-order chi connectivity index (χ0) is 21.0. The zero-order valence-electron chi connectivity index (χ0n) is 16.1. The second-order valence-electron chi connectivity index (χ2n) is 6.27. The van der Waals surface area contributed by atoms with Crippen LogP contribution in [0.4, 0.5) is 5.69 Å². The number of hydrogen-bond acceptors (Lipinski definition) is 9. The van der Waals surface area contributed by atoms with Gasteiger partial charge in [0, 0.05) is 18.1 Å². The lowest BCUT2D eigenvalue weighted by atomic mass is 10.2. The van der Waals surface area contributed by atoms with Gasteiger partial charge in [0.1, 0.15) is 0 Å². The fourth-order valence-corrected chi connectivity index (χ4v) is 2.36. The Morgan fingerprint density at radius 1 is 1.31 bits per heavy atom. The first kappa shape index (κ1) is 20.0. The van der Waals surface area contributed by atoms with Gasteiger partial charge in [0.25, 0.3) is 11.6 Å². The van der Waals surface area contributed by atoms with E-state index in [1.54, 1.807) is 6.92 Å². The summed E-state index contributed by atoms with van der Waals surface area (Å²) in [5, 5.41) is 18.9. The lowest BCUT2D eigenvalue weighted by molar-refractivity contribution is -0.384. The highest BCUT2D eigenvalue weighted by Crippen LogP contribution is 2.23. The van der Waals surface area contributed by atoms with Gasteiger partial charge in [-0.1, -0.05) is 19.0 Å². The number of rotatable bonds is 8. The Bertz CT molecular complexity index is 1010. The molecule has 0 radical (unpaired) electrons. The molecule has 0 unspecified atom stereocenters. The molecule has 11 heteroatoms. The second kappa shape index (κ2) is 8.50. The van der Waals surface area contributed by atoms with Gasteiger partial charge in [0.15, 0.2) is 18.2 Å². The summed E-state index contributed by atoms with van der Waals surface area (Å²) in [6.07, 6.45) is 1.48. The van der Waals surface area contributed by atoms with Crippen molar-refractivity contribution in [2.24, 2.45) is 0 Å². The Kier molecular flexibility index (Phi) is 5.86. The van der Waals surface area contributed by atoms with E-state index in [0.717, 1.165) is 0 Å². The molecule has 152 valence electrons. The molecule has 0 N–H and O–H groups in total. The van der Waals surface area contributed by atoms with Crippen LogP contribution < -0.4 is 4.74 Å². The standard InChI is InChI=1S/C18H19N5O6/c1-4-27-18(24)16-14(28-10-15-19-17(11(2)3)21-29-15)9-22(20-16)12-5-7-13(8-6-12)23(25)26/h5-9,11H,4,10H2,1-3H3. The molecule has 0 fully saturated rings. The third-order valence-electron chi connectivity index (χ3n) is 3.83. The molecule has 0 atom stereocenters. The van der Waals surface area contributed by atoms with Gasteiger partial charge in [0.2, 0.25) is 5.69 Å². The average Bonchev–Trinajstić information content (AvgIpc) is 3.34. The minimum absolute atomic E-state index is 0.0335. The fourth-order valence-electron chi connectivity index (χ4n) is 2.36. The third kappa shape index (κ3) is 4.57. The molecular formula is C18H19N5O6. The summed E-state index contributed by atoms with van der Waals surface area (Å²) in [5.74, 6) is 0.414. The van der Waals surface area contributed by atoms with Gasteiger partial charge in [-0.05, 0) is 19.1 Å². The van der Waals surface area contributed by atoms with Crippen molar-refractivity contribution in [1.29, 1.82) is 0 Å². The van der Waals surface area contributed by atoms with E-state index in [4.69, 9.17) is 14.0 Å². The maximum absolute atomic E-state index is 12.2. The molecule has 0 spiro atoms. The summed E-state index contributed by atoms with van der Waals surface area (Å²) in [4.78, 5) is 26.8. The van der Waals surface area contributed by atoms with Gasteiger partial charge in [0.05, 0.1) is 23.4 Å².